The number of hydrogen-bond donors (Lipinski definition) is 1. The molecule has 164 valence electrons. The van der Waals surface area contributed by atoms with Crippen LogP contribution in [-0.4, -0.2) is 53.0 Å². The Morgan fingerprint density at radius 1 is 0.933 bits per heavy atom. The minimum Gasteiger partial charge on any atom is -0.496 e. The van der Waals surface area contributed by atoms with Crippen LogP contribution < -0.4 is 19.5 Å². The molecule has 0 aliphatic heterocycles. The lowest BCUT2D eigenvalue weighted by atomic mass is 10.1. The first-order valence-corrected chi connectivity index (χ1v) is 10.9. The van der Waals surface area contributed by atoms with Gasteiger partial charge in [-0.25, -0.2) is 8.42 Å². The Bertz CT molecular complexity index is 965. The average molecular weight is 437 g/mol. The molecule has 1 N–H and O–H groups in total. The summed E-state index contributed by atoms with van der Waals surface area (Å²) < 4.78 is 43.2. The van der Waals surface area contributed by atoms with E-state index in [9.17, 15) is 13.2 Å². The highest BCUT2D eigenvalue weighted by atomic mass is 32.2. The molecule has 0 saturated carbocycles. The van der Waals surface area contributed by atoms with Crippen molar-refractivity contribution in [1.82, 2.24) is 9.62 Å². The van der Waals surface area contributed by atoms with Crippen LogP contribution in [0, 0.1) is 0 Å². The van der Waals surface area contributed by atoms with Gasteiger partial charge in [0.2, 0.25) is 10.0 Å². The predicted octanol–water partition coefficient (Wildman–Crippen LogP) is 2.67. The molecule has 0 aliphatic rings. The fraction of sp³-hybridized carbons (Fsp3) is 0.381. The Balaban J connectivity index is 2.34. The first-order chi connectivity index (χ1) is 14.3. The number of rotatable bonds is 10. The molecular weight excluding hydrogens is 408 g/mol. The molecule has 0 aromatic heterocycles. The van der Waals surface area contributed by atoms with Gasteiger partial charge in [-0.05, 0) is 30.3 Å². The summed E-state index contributed by atoms with van der Waals surface area (Å²) in [5, 5.41) is 2.79. The van der Waals surface area contributed by atoms with Crippen LogP contribution in [0.15, 0.2) is 41.3 Å². The lowest BCUT2D eigenvalue weighted by molar-refractivity contribution is 0.0950. The molecule has 0 spiro atoms. The zero-order valence-corrected chi connectivity index (χ0v) is 18.7. The first-order valence-electron chi connectivity index (χ1n) is 9.50. The molecule has 2 aromatic rings. The summed E-state index contributed by atoms with van der Waals surface area (Å²) in [7, 11) is 0.664. The number of benzene rings is 2. The molecule has 0 fully saturated rings. The number of hydrogen-bond acceptors (Lipinski definition) is 6. The quantitative estimate of drug-likeness (QED) is 0.615. The molecule has 0 bridgehead atoms. The third-order valence-corrected chi connectivity index (χ3v) is 6.78. The second-order valence-corrected chi connectivity index (χ2v) is 8.19. The average Bonchev–Trinajstić information content (AvgIpc) is 2.77. The largest absolute Gasteiger partial charge is 0.496 e. The minimum absolute atomic E-state index is 0.0452. The van der Waals surface area contributed by atoms with Crippen LogP contribution in [0.1, 0.15) is 29.8 Å². The fourth-order valence-electron chi connectivity index (χ4n) is 3.10. The third kappa shape index (κ3) is 4.85. The molecule has 2 aromatic carbocycles. The first kappa shape index (κ1) is 23.5. The fourth-order valence-corrected chi connectivity index (χ4v) is 4.73. The van der Waals surface area contributed by atoms with Gasteiger partial charge in [0.25, 0.3) is 5.91 Å². The molecule has 0 heterocycles. The number of amides is 1. The van der Waals surface area contributed by atoms with Gasteiger partial charge >= 0.3 is 0 Å². The lowest BCUT2D eigenvalue weighted by Gasteiger charge is -2.20. The van der Waals surface area contributed by atoms with Crippen molar-refractivity contribution in [3.05, 3.63) is 47.5 Å². The van der Waals surface area contributed by atoms with Gasteiger partial charge in [-0.15, -0.1) is 0 Å². The van der Waals surface area contributed by atoms with Crippen molar-refractivity contribution in [2.24, 2.45) is 0 Å². The van der Waals surface area contributed by atoms with Crippen LogP contribution in [0.25, 0.3) is 0 Å². The van der Waals surface area contributed by atoms with E-state index in [0.717, 1.165) is 0 Å². The van der Waals surface area contributed by atoms with E-state index in [0.29, 0.717) is 30.2 Å². The standard InChI is InChI=1S/C21H28N2O6S/c1-6-23(7-2)30(25,26)20-13-15(11-12-19(20)29-5)21(24)22-14-16-17(27-3)9-8-10-18(16)28-4/h8-13H,6-7,14H2,1-5H3,(H,22,24). The third-order valence-electron chi connectivity index (χ3n) is 4.70. The molecule has 0 radical (unpaired) electrons. The van der Waals surface area contributed by atoms with Crippen molar-refractivity contribution in [3.8, 4) is 17.2 Å². The topological polar surface area (TPSA) is 94.2 Å². The molecule has 0 saturated heterocycles. The molecular formula is C21H28N2O6S. The number of nitrogens with one attached hydrogen (secondary N) is 1. The van der Waals surface area contributed by atoms with E-state index >= 15 is 0 Å². The SMILES string of the molecule is CCN(CC)S(=O)(=O)c1cc(C(=O)NCc2c(OC)cccc2OC)ccc1OC. The maximum atomic E-state index is 13.0. The Hall–Kier alpha value is -2.78. The van der Waals surface area contributed by atoms with Crippen molar-refractivity contribution in [3.63, 3.8) is 0 Å². The summed E-state index contributed by atoms with van der Waals surface area (Å²) in [5.41, 5.74) is 0.885. The molecule has 30 heavy (non-hydrogen) atoms. The normalized spacial score (nSPS) is 11.3. The predicted molar refractivity (Wildman–Crippen MR) is 114 cm³/mol. The van der Waals surface area contributed by atoms with Gasteiger partial charge in [-0.2, -0.15) is 4.31 Å². The second kappa shape index (κ2) is 10.3. The Labute approximate surface area is 177 Å². The second-order valence-electron chi connectivity index (χ2n) is 6.28. The number of carbonyl (C=O) groups excluding carboxylic acids is 1. The van der Waals surface area contributed by atoms with E-state index < -0.39 is 15.9 Å². The smallest absolute Gasteiger partial charge is 0.251 e. The van der Waals surface area contributed by atoms with Crippen molar-refractivity contribution in [2.45, 2.75) is 25.3 Å². The number of sulfonamides is 1. The molecule has 9 heteroatoms. The number of nitrogens with zero attached hydrogens (tertiary/aromatic N) is 1. The highest BCUT2D eigenvalue weighted by Crippen LogP contribution is 2.29. The van der Waals surface area contributed by atoms with Gasteiger partial charge in [-0.3, -0.25) is 4.79 Å². The van der Waals surface area contributed by atoms with Gasteiger partial charge in [0.05, 0.1) is 33.4 Å². The van der Waals surface area contributed by atoms with Crippen molar-refractivity contribution >= 4 is 15.9 Å². The molecule has 2 rings (SSSR count). The van der Waals surface area contributed by atoms with Crippen molar-refractivity contribution < 1.29 is 27.4 Å². The van der Waals surface area contributed by atoms with Crippen LogP contribution in [0.2, 0.25) is 0 Å². The van der Waals surface area contributed by atoms with Crippen LogP contribution in [0.4, 0.5) is 0 Å². The van der Waals surface area contributed by atoms with E-state index in [-0.39, 0.29) is 22.8 Å². The van der Waals surface area contributed by atoms with Gasteiger partial charge in [-0.1, -0.05) is 19.9 Å². The zero-order valence-electron chi connectivity index (χ0n) is 17.9. The lowest BCUT2D eigenvalue weighted by Crippen LogP contribution is -2.31. The summed E-state index contributed by atoms with van der Waals surface area (Å²) in [6.45, 7) is 4.28. The summed E-state index contributed by atoms with van der Waals surface area (Å²) in [4.78, 5) is 12.7. The van der Waals surface area contributed by atoms with E-state index in [2.05, 4.69) is 5.32 Å². The maximum Gasteiger partial charge on any atom is 0.251 e. The van der Waals surface area contributed by atoms with E-state index in [1.54, 1.807) is 32.0 Å². The molecule has 0 aliphatic carbocycles. The Kier molecular flexibility index (Phi) is 8.08. The number of methoxy groups -OCH3 is 3. The van der Waals surface area contributed by atoms with Crippen LogP contribution in [0.3, 0.4) is 0 Å². The van der Waals surface area contributed by atoms with E-state index in [1.807, 2.05) is 0 Å². The van der Waals surface area contributed by atoms with Gasteiger partial charge in [0, 0.05) is 18.7 Å². The van der Waals surface area contributed by atoms with E-state index in [1.165, 1.54) is 43.8 Å². The highest BCUT2D eigenvalue weighted by Gasteiger charge is 2.27. The van der Waals surface area contributed by atoms with Crippen LogP contribution in [-0.2, 0) is 16.6 Å². The van der Waals surface area contributed by atoms with Gasteiger partial charge in [0.15, 0.2) is 0 Å². The minimum atomic E-state index is -3.80. The van der Waals surface area contributed by atoms with Crippen LogP contribution >= 0.6 is 0 Å². The molecule has 0 unspecified atom stereocenters. The maximum absolute atomic E-state index is 13.0. The summed E-state index contributed by atoms with van der Waals surface area (Å²) in [6, 6.07) is 9.67. The number of carbonyl (C=O) groups is 1. The molecule has 0 atom stereocenters. The van der Waals surface area contributed by atoms with Gasteiger partial charge in [0.1, 0.15) is 22.1 Å². The van der Waals surface area contributed by atoms with E-state index in [4.69, 9.17) is 14.2 Å². The summed E-state index contributed by atoms with van der Waals surface area (Å²) in [6.07, 6.45) is 0. The zero-order chi connectivity index (χ0) is 22.3. The monoisotopic (exact) mass is 436 g/mol. The number of ether oxygens (including phenoxy) is 3. The van der Waals surface area contributed by atoms with Crippen molar-refractivity contribution in [2.75, 3.05) is 34.4 Å². The van der Waals surface area contributed by atoms with Gasteiger partial charge < -0.3 is 19.5 Å². The molecule has 1 amide bonds. The molecule has 8 nitrogen and oxygen atoms in total. The van der Waals surface area contributed by atoms with Crippen LogP contribution in [0.5, 0.6) is 17.2 Å². The van der Waals surface area contributed by atoms with Crippen molar-refractivity contribution in [1.29, 1.82) is 0 Å². The summed E-state index contributed by atoms with van der Waals surface area (Å²) in [5.74, 6) is 0.912. The Morgan fingerprint density at radius 3 is 2.00 bits per heavy atom. The summed E-state index contributed by atoms with van der Waals surface area (Å²) >= 11 is 0. The Morgan fingerprint density at radius 2 is 1.50 bits per heavy atom. The highest BCUT2D eigenvalue weighted by molar-refractivity contribution is 7.89.